The van der Waals surface area contributed by atoms with Gasteiger partial charge in [-0.05, 0) is 24.5 Å². The number of rotatable bonds is 6. The molecule has 1 aromatic carbocycles. The number of nitrogens with one attached hydrogen (secondary N) is 1. The lowest BCUT2D eigenvalue weighted by Gasteiger charge is -2.14. The van der Waals surface area contributed by atoms with Crippen molar-refractivity contribution in [2.24, 2.45) is 5.92 Å². The van der Waals surface area contributed by atoms with Gasteiger partial charge in [0.1, 0.15) is 5.39 Å². The normalized spacial score (nSPS) is 15.9. The van der Waals surface area contributed by atoms with Gasteiger partial charge in [-0.3, -0.25) is 14.2 Å². The van der Waals surface area contributed by atoms with Crippen LogP contribution >= 0.6 is 11.8 Å². The fourth-order valence-electron chi connectivity index (χ4n) is 3.33. The molecule has 0 saturated carbocycles. The van der Waals surface area contributed by atoms with E-state index in [4.69, 9.17) is 4.98 Å². The van der Waals surface area contributed by atoms with Gasteiger partial charge in [-0.25, -0.2) is 9.67 Å². The zero-order valence-electron chi connectivity index (χ0n) is 16.0. The molecule has 1 aliphatic rings. The van der Waals surface area contributed by atoms with Gasteiger partial charge in [0.2, 0.25) is 5.91 Å². The third-order valence-corrected chi connectivity index (χ3v) is 5.93. The zero-order chi connectivity index (χ0) is 19.7. The Morgan fingerprint density at radius 2 is 2.11 bits per heavy atom. The third-order valence-electron chi connectivity index (χ3n) is 4.84. The molecule has 7 nitrogen and oxygen atoms in total. The van der Waals surface area contributed by atoms with Crippen LogP contribution in [0.15, 0.2) is 46.5 Å². The lowest BCUT2D eigenvalue weighted by atomic mass is 10.1. The van der Waals surface area contributed by atoms with Crippen molar-refractivity contribution < 1.29 is 4.79 Å². The highest BCUT2D eigenvalue weighted by Gasteiger charge is 2.29. The SMILES string of the molecule is CC(C)CCNC(=O)C[C@H]1CSc2nc3c(cnn3-c3ccccc3)c(=O)n21. The minimum Gasteiger partial charge on any atom is -0.356 e. The Morgan fingerprint density at radius 1 is 1.32 bits per heavy atom. The molecule has 3 aromatic rings. The third kappa shape index (κ3) is 3.56. The molecule has 0 unspecified atom stereocenters. The minimum absolute atomic E-state index is 0.0222. The lowest BCUT2D eigenvalue weighted by Crippen LogP contribution is -2.31. The quantitative estimate of drug-likeness (QED) is 0.647. The molecule has 1 N–H and O–H groups in total. The first-order valence-corrected chi connectivity index (χ1v) is 10.5. The number of amides is 1. The largest absolute Gasteiger partial charge is 0.356 e. The molecule has 2 aromatic heterocycles. The Bertz CT molecular complexity index is 1060. The second-order valence-corrected chi connectivity index (χ2v) is 8.39. The predicted octanol–water partition coefficient (Wildman–Crippen LogP) is 2.78. The number of aromatic nitrogens is 4. The van der Waals surface area contributed by atoms with E-state index in [1.165, 1.54) is 11.8 Å². The molecule has 1 amide bonds. The fraction of sp³-hybridized carbons (Fsp3) is 0.400. The Hall–Kier alpha value is -2.61. The molecule has 8 heteroatoms. The standard InChI is InChI=1S/C20H23N5O2S/c1-13(2)8-9-21-17(26)10-15-12-28-20-23-18-16(19(27)24(15)20)11-22-25(18)14-6-4-3-5-7-14/h3-7,11,13,15H,8-10,12H2,1-2H3,(H,21,26)/t15-/m0/s1. The van der Waals surface area contributed by atoms with Crippen LogP contribution < -0.4 is 10.9 Å². The number of carbonyl (C=O) groups is 1. The fourth-order valence-corrected chi connectivity index (χ4v) is 4.46. The van der Waals surface area contributed by atoms with Gasteiger partial charge in [0.15, 0.2) is 10.8 Å². The summed E-state index contributed by atoms with van der Waals surface area (Å²) >= 11 is 1.51. The van der Waals surface area contributed by atoms with Crippen molar-refractivity contribution in [3.63, 3.8) is 0 Å². The van der Waals surface area contributed by atoms with E-state index in [0.717, 1.165) is 12.1 Å². The maximum Gasteiger partial charge on any atom is 0.265 e. The van der Waals surface area contributed by atoms with Crippen molar-refractivity contribution in [2.75, 3.05) is 12.3 Å². The number of hydrogen-bond donors (Lipinski definition) is 1. The van der Waals surface area contributed by atoms with Crippen LogP contribution in [0.4, 0.5) is 0 Å². The van der Waals surface area contributed by atoms with E-state index in [1.54, 1.807) is 15.4 Å². The monoisotopic (exact) mass is 397 g/mol. The summed E-state index contributed by atoms with van der Waals surface area (Å²) in [5, 5.41) is 8.44. The summed E-state index contributed by atoms with van der Waals surface area (Å²) in [5.41, 5.74) is 1.28. The summed E-state index contributed by atoms with van der Waals surface area (Å²) in [6.45, 7) is 4.92. The van der Waals surface area contributed by atoms with Gasteiger partial charge >= 0.3 is 0 Å². The maximum absolute atomic E-state index is 13.1. The molecule has 0 aliphatic carbocycles. The van der Waals surface area contributed by atoms with E-state index in [2.05, 4.69) is 24.3 Å². The van der Waals surface area contributed by atoms with Gasteiger partial charge in [-0.15, -0.1) is 0 Å². The van der Waals surface area contributed by atoms with Gasteiger partial charge in [-0.1, -0.05) is 43.8 Å². The van der Waals surface area contributed by atoms with Crippen molar-refractivity contribution in [2.45, 2.75) is 37.9 Å². The van der Waals surface area contributed by atoms with Crippen LogP contribution in [0.5, 0.6) is 0 Å². The second-order valence-electron chi connectivity index (χ2n) is 7.40. The molecule has 0 bridgehead atoms. The lowest BCUT2D eigenvalue weighted by molar-refractivity contribution is -0.121. The smallest absolute Gasteiger partial charge is 0.265 e. The van der Waals surface area contributed by atoms with E-state index in [1.807, 2.05) is 30.3 Å². The van der Waals surface area contributed by atoms with Gasteiger partial charge in [-0.2, -0.15) is 5.10 Å². The second kappa shape index (κ2) is 7.79. The number of benzene rings is 1. The summed E-state index contributed by atoms with van der Waals surface area (Å²) < 4.78 is 3.34. The maximum atomic E-state index is 13.1. The highest BCUT2D eigenvalue weighted by molar-refractivity contribution is 7.99. The van der Waals surface area contributed by atoms with Crippen LogP contribution in [-0.2, 0) is 4.79 Å². The summed E-state index contributed by atoms with van der Waals surface area (Å²) in [6.07, 6.45) is 2.80. The number of thioether (sulfide) groups is 1. The first-order chi connectivity index (χ1) is 13.5. The number of fused-ring (bicyclic) bond motifs is 2. The minimum atomic E-state index is -0.177. The number of carbonyl (C=O) groups excluding carboxylic acids is 1. The Labute approximate surface area is 167 Å². The van der Waals surface area contributed by atoms with Gasteiger partial charge in [0.05, 0.1) is 17.9 Å². The van der Waals surface area contributed by atoms with Gasteiger partial charge in [0, 0.05) is 18.7 Å². The number of para-hydroxylation sites is 1. The molecule has 146 valence electrons. The van der Waals surface area contributed by atoms with Crippen LogP contribution in [0.3, 0.4) is 0 Å². The molecule has 0 radical (unpaired) electrons. The summed E-state index contributed by atoms with van der Waals surface area (Å²) in [5.74, 6) is 1.20. The van der Waals surface area contributed by atoms with Crippen molar-refractivity contribution in [1.82, 2.24) is 24.6 Å². The van der Waals surface area contributed by atoms with Crippen molar-refractivity contribution in [3.05, 3.63) is 46.9 Å². The summed E-state index contributed by atoms with van der Waals surface area (Å²) in [6, 6.07) is 9.45. The Morgan fingerprint density at radius 3 is 2.86 bits per heavy atom. The first kappa shape index (κ1) is 18.7. The molecular formula is C20H23N5O2S. The molecule has 1 aliphatic heterocycles. The van der Waals surface area contributed by atoms with Crippen LogP contribution in [0.2, 0.25) is 0 Å². The first-order valence-electron chi connectivity index (χ1n) is 9.49. The average molecular weight is 398 g/mol. The van der Waals surface area contributed by atoms with Crippen molar-refractivity contribution >= 4 is 28.7 Å². The topological polar surface area (TPSA) is 81.8 Å². The highest BCUT2D eigenvalue weighted by Crippen LogP contribution is 2.33. The molecular weight excluding hydrogens is 374 g/mol. The van der Waals surface area contributed by atoms with E-state index in [9.17, 15) is 9.59 Å². The van der Waals surface area contributed by atoms with E-state index < -0.39 is 0 Å². The van der Waals surface area contributed by atoms with E-state index in [-0.39, 0.29) is 23.9 Å². The van der Waals surface area contributed by atoms with Gasteiger partial charge < -0.3 is 5.32 Å². The summed E-state index contributed by atoms with van der Waals surface area (Å²) in [7, 11) is 0. The van der Waals surface area contributed by atoms with Crippen LogP contribution in [0.25, 0.3) is 16.7 Å². The predicted molar refractivity (Wildman–Crippen MR) is 110 cm³/mol. The van der Waals surface area contributed by atoms with Crippen LogP contribution in [-0.4, -0.2) is 37.5 Å². The number of hydrogen-bond acceptors (Lipinski definition) is 5. The summed E-state index contributed by atoms with van der Waals surface area (Å²) in [4.78, 5) is 30.1. The molecule has 4 rings (SSSR count). The molecule has 1 atom stereocenters. The Balaban J connectivity index is 1.61. The molecule has 0 spiro atoms. The molecule has 0 fully saturated rings. The Kier molecular flexibility index (Phi) is 5.21. The van der Waals surface area contributed by atoms with E-state index >= 15 is 0 Å². The zero-order valence-corrected chi connectivity index (χ0v) is 16.8. The number of nitrogens with zero attached hydrogens (tertiary/aromatic N) is 4. The van der Waals surface area contributed by atoms with Gasteiger partial charge in [0.25, 0.3) is 5.56 Å². The molecule has 28 heavy (non-hydrogen) atoms. The molecule has 3 heterocycles. The van der Waals surface area contributed by atoms with Crippen molar-refractivity contribution in [3.8, 4) is 5.69 Å². The molecule has 0 saturated heterocycles. The average Bonchev–Trinajstić information content (AvgIpc) is 3.27. The van der Waals surface area contributed by atoms with E-state index in [0.29, 0.717) is 34.4 Å². The van der Waals surface area contributed by atoms with Crippen LogP contribution in [0.1, 0.15) is 32.7 Å². The highest BCUT2D eigenvalue weighted by atomic mass is 32.2. The van der Waals surface area contributed by atoms with Crippen molar-refractivity contribution in [1.29, 1.82) is 0 Å². The van der Waals surface area contributed by atoms with Crippen LogP contribution in [0, 0.1) is 5.92 Å².